The summed E-state index contributed by atoms with van der Waals surface area (Å²) in [5.74, 6) is -1.22. The van der Waals surface area contributed by atoms with E-state index in [1.165, 1.54) is 6.07 Å². The normalized spacial score (nSPS) is 13.4. The summed E-state index contributed by atoms with van der Waals surface area (Å²) >= 11 is 5.18. The molecule has 1 heterocycles. The summed E-state index contributed by atoms with van der Waals surface area (Å²) in [7, 11) is 3.88. The predicted octanol–water partition coefficient (Wildman–Crippen LogP) is 3.10. The number of aromatic amines is 1. The summed E-state index contributed by atoms with van der Waals surface area (Å²) in [6.07, 6.45) is 0. The van der Waals surface area contributed by atoms with Crippen molar-refractivity contribution in [1.29, 1.82) is 0 Å². The standard InChI is InChI=1S/C12H15F2N3S/c1-7(6-16(2)3)17-10-5-8(13)4-9(14)11(10)15-12(17)18/h4-5,7H,6H2,1-3H3,(H,15,18). The molecule has 1 aromatic carbocycles. The summed E-state index contributed by atoms with van der Waals surface area (Å²) in [5.41, 5.74) is 0.721. The molecule has 6 heteroatoms. The predicted molar refractivity (Wildman–Crippen MR) is 70.3 cm³/mol. The number of nitrogens with zero attached hydrogens (tertiary/aromatic N) is 2. The van der Waals surface area contributed by atoms with Gasteiger partial charge in [-0.3, -0.25) is 0 Å². The maximum Gasteiger partial charge on any atom is 0.178 e. The highest BCUT2D eigenvalue weighted by Crippen LogP contribution is 2.23. The molecule has 0 radical (unpaired) electrons. The van der Waals surface area contributed by atoms with Crippen molar-refractivity contribution in [3.63, 3.8) is 0 Å². The molecule has 0 aliphatic heterocycles. The highest BCUT2D eigenvalue weighted by Gasteiger charge is 2.15. The number of likely N-dealkylation sites (N-methyl/N-ethyl adjacent to an activating group) is 1. The monoisotopic (exact) mass is 271 g/mol. The highest BCUT2D eigenvalue weighted by atomic mass is 32.1. The summed E-state index contributed by atoms with van der Waals surface area (Å²) in [6.45, 7) is 2.70. The summed E-state index contributed by atoms with van der Waals surface area (Å²) in [5, 5.41) is 0. The zero-order valence-corrected chi connectivity index (χ0v) is 11.3. The molecule has 0 amide bonds. The van der Waals surface area contributed by atoms with Crippen LogP contribution in [0.3, 0.4) is 0 Å². The van der Waals surface area contributed by atoms with Gasteiger partial charge in [0.1, 0.15) is 11.3 Å². The van der Waals surface area contributed by atoms with Crippen molar-refractivity contribution in [1.82, 2.24) is 14.5 Å². The molecule has 2 aromatic rings. The minimum atomic E-state index is -0.619. The molecule has 1 unspecified atom stereocenters. The number of benzene rings is 1. The van der Waals surface area contributed by atoms with E-state index in [1.54, 1.807) is 4.57 Å². The Bertz CT molecular complexity index is 630. The lowest BCUT2D eigenvalue weighted by atomic mass is 10.2. The lowest BCUT2D eigenvalue weighted by Gasteiger charge is -2.19. The molecule has 0 saturated carbocycles. The average Bonchev–Trinajstić information content (AvgIpc) is 2.53. The van der Waals surface area contributed by atoms with Gasteiger partial charge in [0.2, 0.25) is 0 Å². The Morgan fingerprint density at radius 3 is 2.67 bits per heavy atom. The van der Waals surface area contributed by atoms with Crippen molar-refractivity contribution < 1.29 is 8.78 Å². The third-order valence-electron chi connectivity index (χ3n) is 2.81. The van der Waals surface area contributed by atoms with Crippen LogP contribution in [0.1, 0.15) is 13.0 Å². The van der Waals surface area contributed by atoms with Crippen molar-refractivity contribution in [3.05, 3.63) is 28.5 Å². The minimum Gasteiger partial charge on any atom is -0.328 e. The molecule has 1 atom stereocenters. The molecule has 3 nitrogen and oxygen atoms in total. The van der Waals surface area contributed by atoms with Gasteiger partial charge in [0.05, 0.1) is 5.52 Å². The summed E-state index contributed by atoms with van der Waals surface area (Å²) < 4.78 is 29.1. The van der Waals surface area contributed by atoms with E-state index in [2.05, 4.69) is 4.98 Å². The van der Waals surface area contributed by atoms with E-state index >= 15 is 0 Å². The molecule has 0 fully saturated rings. The van der Waals surface area contributed by atoms with Gasteiger partial charge in [-0.15, -0.1) is 0 Å². The van der Waals surface area contributed by atoms with E-state index in [0.29, 0.717) is 10.3 Å². The average molecular weight is 271 g/mol. The minimum absolute atomic E-state index is 0.0300. The van der Waals surface area contributed by atoms with E-state index in [9.17, 15) is 8.78 Å². The fourth-order valence-electron chi connectivity index (χ4n) is 2.20. The molecule has 18 heavy (non-hydrogen) atoms. The Balaban J connectivity index is 2.63. The van der Waals surface area contributed by atoms with Gasteiger partial charge in [-0.1, -0.05) is 0 Å². The van der Waals surface area contributed by atoms with Gasteiger partial charge in [-0.25, -0.2) is 8.78 Å². The maximum absolute atomic E-state index is 13.6. The Labute approximate surface area is 109 Å². The second-order valence-corrected chi connectivity index (χ2v) is 5.08. The van der Waals surface area contributed by atoms with E-state index in [1.807, 2.05) is 25.9 Å². The summed E-state index contributed by atoms with van der Waals surface area (Å²) in [6, 6.07) is 2.19. The van der Waals surface area contributed by atoms with Gasteiger partial charge in [-0.05, 0) is 39.3 Å². The van der Waals surface area contributed by atoms with Crippen molar-refractivity contribution in [2.24, 2.45) is 0 Å². The molecule has 1 aromatic heterocycles. The number of hydrogen-bond acceptors (Lipinski definition) is 2. The van der Waals surface area contributed by atoms with Crippen LogP contribution in [0.25, 0.3) is 11.0 Å². The van der Waals surface area contributed by atoms with Gasteiger partial charge in [0.25, 0.3) is 0 Å². The van der Waals surface area contributed by atoms with Crippen molar-refractivity contribution in [2.75, 3.05) is 20.6 Å². The van der Waals surface area contributed by atoms with Crippen molar-refractivity contribution >= 4 is 23.3 Å². The van der Waals surface area contributed by atoms with Gasteiger partial charge < -0.3 is 14.5 Å². The molecule has 0 aliphatic carbocycles. The number of imidazole rings is 1. The number of hydrogen-bond donors (Lipinski definition) is 1. The SMILES string of the molecule is CC(CN(C)C)n1c(=S)[nH]c2c(F)cc(F)cc21. The first-order chi connectivity index (χ1) is 8.40. The van der Waals surface area contributed by atoms with Crippen molar-refractivity contribution in [3.8, 4) is 0 Å². The molecule has 0 aliphatic rings. The first-order valence-corrected chi connectivity index (χ1v) is 6.05. The van der Waals surface area contributed by atoms with E-state index in [-0.39, 0.29) is 11.6 Å². The van der Waals surface area contributed by atoms with Crippen molar-refractivity contribution in [2.45, 2.75) is 13.0 Å². The number of rotatable bonds is 3. The fraction of sp³-hybridized carbons (Fsp3) is 0.417. The molecule has 2 rings (SSSR count). The lowest BCUT2D eigenvalue weighted by Crippen LogP contribution is -2.22. The number of halogens is 2. The Morgan fingerprint density at radius 1 is 1.39 bits per heavy atom. The zero-order chi connectivity index (χ0) is 13.4. The smallest absolute Gasteiger partial charge is 0.178 e. The summed E-state index contributed by atoms with van der Waals surface area (Å²) in [4.78, 5) is 4.80. The quantitative estimate of drug-likeness (QED) is 0.867. The number of aromatic nitrogens is 2. The highest BCUT2D eigenvalue weighted by molar-refractivity contribution is 7.71. The van der Waals surface area contributed by atoms with Gasteiger partial charge in [0, 0.05) is 18.7 Å². The Hall–Kier alpha value is -1.27. The maximum atomic E-state index is 13.6. The first-order valence-electron chi connectivity index (χ1n) is 5.64. The number of H-pyrrole nitrogens is 1. The molecular formula is C12H15F2N3S. The van der Waals surface area contributed by atoms with Gasteiger partial charge >= 0.3 is 0 Å². The topological polar surface area (TPSA) is 24.0 Å². The molecule has 1 N–H and O–H groups in total. The van der Waals surface area contributed by atoms with E-state index in [4.69, 9.17) is 12.2 Å². The third kappa shape index (κ3) is 2.30. The number of nitrogens with one attached hydrogen (secondary N) is 1. The molecule has 0 spiro atoms. The van der Waals surface area contributed by atoms with E-state index < -0.39 is 11.6 Å². The molecular weight excluding hydrogens is 256 g/mol. The van der Waals surface area contributed by atoms with Crippen LogP contribution in [0.2, 0.25) is 0 Å². The van der Waals surface area contributed by atoms with Crippen LogP contribution >= 0.6 is 12.2 Å². The third-order valence-corrected chi connectivity index (χ3v) is 3.11. The van der Waals surface area contributed by atoms with Crippen LogP contribution < -0.4 is 0 Å². The van der Waals surface area contributed by atoms with Crippen LogP contribution in [0, 0.1) is 16.4 Å². The zero-order valence-electron chi connectivity index (χ0n) is 10.5. The molecule has 0 bridgehead atoms. The second-order valence-electron chi connectivity index (χ2n) is 4.69. The van der Waals surface area contributed by atoms with Crippen LogP contribution in [-0.2, 0) is 0 Å². The first kappa shape index (κ1) is 13.2. The van der Waals surface area contributed by atoms with Crippen LogP contribution in [-0.4, -0.2) is 35.1 Å². The Kier molecular flexibility index (Phi) is 3.49. The molecule has 98 valence electrons. The number of fused-ring (bicyclic) bond motifs is 1. The van der Waals surface area contributed by atoms with Crippen LogP contribution in [0.4, 0.5) is 8.78 Å². The van der Waals surface area contributed by atoms with Crippen LogP contribution in [0.15, 0.2) is 12.1 Å². The molecule has 0 saturated heterocycles. The van der Waals surface area contributed by atoms with Gasteiger partial charge in [0.15, 0.2) is 10.6 Å². The van der Waals surface area contributed by atoms with Crippen LogP contribution in [0.5, 0.6) is 0 Å². The Morgan fingerprint density at radius 2 is 2.06 bits per heavy atom. The van der Waals surface area contributed by atoms with E-state index in [0.717, 1.165) is 12.6 Å². The second kappa shape index (κ2) is 4.78. The lowest BCUT2D eigenvalue weighted by molar-refractivity contribution is 0.339. The van der Waals surface area contributed by atoms with Gasteiger partial charge in [-0.2, -0.15) is 0 Å². The largest absolute Gasteiger partial charge is 0.328 e. The fourth-order valence-corrected chi connectivity index (χ4v) is 2.58.